The van der Waals surface area contributed by atoms with E-state index in [0.29, 0.717) is 18.0 Å². The zero-order valence-electron chi connectivity index (χ0n) is 12.2. The number of nitrogens with zero attached hydrogens (tertiary/aromatic N) is 1. The first-order valence-corrected chi connectivity index (χ1v) is 8.50. The number of hydrogen-bond acceptors (Lipinski definition) is 3. The fraction of sp³-hybridized carbons (Fsp3) is 0.733. The maximum absolute atomic E-state index is 6.00. The maximum Gasteiger partial charge on any atom is 0.0931 e. The van der Waals surface area contributed by atoms with Gasteiger partial charge in [-0.2, -0.15) is 0 Å². The summed E-state index contributed by atoms with van der Waals surface area (Å²) in [5.74, 6) is 0.699. The number of nitrogens with one attached hydrogen (secondary N) is 1. The number of halogens is 1. The summed E-state index contributed by atoms with van der Waals surface area (Å²) in [5.41, 5.74) is 0. The lowest BCUT2D eigenvalue weighted by molar-refractivity contribution is 0.183. The number of hydrogen-bond donors (Lipinski definition) is 1. The van der Waals surface area contributed by atoms with Gasteiger partial charge in [-0.1, -0.05) is 25.4 Å². The van der Waals surface area contributed by atoms with E-state index in [2.05, 4.69) is 37.1 Å². The highest BCUT2D eigenvalue weighted by Gasteiger charge is 2.24. The SMILES string of the molecule is CC(NCC(C(C)C)N1CCCC1)c1ccc(Cl)s1. The number of thiophene rings is 1. The summed E-state index contributed by atoms with van der Waals surface area (Å²) < 4.78 is 0.878. The van der Waals surface area contributed by atoms with Gasteiger partial charge in [-0.05, 0) is 50.9 Å². The molecule has 1 aliphatic rings. The molecule has 0 aliphatic carbocycles. The molecule has 2 atom stereocenters. The third kappa shape index (κ3) is 4.19. The van der Waals surface area contributed by atoms with Crippen molar-refractivity contribution in [2.45, 2.75) is 45.7 Å². The van der Waals surface area contributed by atoms with Gasteiger partial charge in [-0.3, -0.25) is 4.90 Å². The quantitative estimate of drug-likeness (QED) is 0.848. The van der Waals surface area contributed by atoms with Crippen molar-refractivity contribution in [2.75, 3.05) is 19.6 Å². The van der Waals surface area contributed by atoms with Crippen LogP contribution in [0.2, 0.25) is 4.34 Å². The van der Waals surface area contributed by atoms with Gasteiger partial charge in [0.25, 0.3) is 0 Å². The molecule has 2 heterocycles. The van der Waals surface area contributed by atoms with Crippen molar-refractivity contribution in [2.24, 2.45) is 5.92 Å². The number of likely N-dealkylation sites (tertiary alicyclic amines) is 1. The Balaban J connectivity index is 1.87. The van der Waals surface area contributed by atoms with E-state index in [9.17, 15) is 0 Å². The number of rotatable bonds is 6. The van der Waals surface area contributed by atoms with Gasteiger partial charge in [0, 0.05) is 23.5 Å². The molecule has 0 spiro atoms. The lowest BCUT2D eigenvalue weighted by Gasteiger charge is -2.32. The minimum atomic E-state index is 0.390. The van der Waals surface area contributed by atoms with Gasteiger partial charge in [-0.15, -0.1) is 11.3 Å². The highest BCUT2D eigenvalue weighted by Crippen LogP contribution is 2.27. The molecule has 0 saturated carbocycles. The molecule has 2 unspecified atom stereocenters. The largest absolute Gasteiger partial charge is 0.308 e. The average molecular weight is 301 g/mol. The van der Waals surface area contributed by atoms with Crippen molar-refractivity contribution in [1.82, 2.24) is 10.2 Å². The van der Waals surface area contributed by atoms with Gasteiger partial charge in [0.15, 0.2) is 0 Å². The lowest BCUT2D eigenvalue weighted by Crippen LogP contribution is -2.44. The van der Waals surface area contributed by atoms with Crippen molar-refractivity contribution in [1.29, 1.82) is 0 Å². The van der Waals surface area contributed by atoms with Gasteiger partial charge < -0.3 is 5.32 Å². The topological polar surface area (TPSA) is 15.3 Å². The van der Waals surface area contributed by atoms with E-state index in [1.807, 2.05) is 6.07 Å². The normalized spacial score (nSPS) is 20.1. The second kappa shape index (κ2) is 7.07. The molecule has 0 aromatic carbocycles. The zero-order chi connectivity index (χ0) is 13.8. The second-order valence-corrected chi connectivity index (χ2v) is 7.57. The van der Waals surface area contributed by atoms with Crippen LogP contribution < -0.4 is 5.32 Å². The predicted octanol–water partition coefficient (Wildman–Crippen LogP) is 4.17. The minimum Gasteiger partial charge on any atom is -0.308 e. The monoisotopic (exact) mass is 300 g/mol. The van der Waals surface area contributed by atoms with E-state index in [1.54, 1.807) is 11.3 Å². The average Bonchev–Trinajstić information content (AvgIpc) is 3.00. The molecule has 1 fully saturated rings. The molecule has 1 N–H and O–H groups in total. The standard InChI is InChI=1S/C15H25ClN2S/c1-11(2)13(18-8-4-5-9-18)10-17-12(3)14-6-7-15(16)19-14/h6-7,11-13,17H,4-5,8-10H2,1-3H3. The van der Waals surface area contributed by atoms with Crippen LogP contribution in [-0.4, -0.2) is 30.6 Å². The van der Waals surface area contributed by atoms with Crippen LogP contribution in [0.1, 0.15) is 44.5 Å². The third-order valence-electron chi connectivity index (χ3n) is 4.03. The van der Waals surface area contributed by atoms with E-state index in [1.165, 1.54) is 30.8 Å². The second-order valence-electron chi connectivity index (χ2n) is 5.83. The lowest BCUT2D eigenvalue weighted by atomic mass is 10.0. The molecule has 1 saturated heterocycles. The molecule has 1 aromatic rings. The Morgan fingerprint density at radius 2 is 1.95 bits per heavy atom. The molecule has 1 aliphatic heterocycles. The summed E-state index contributed by atoms with van der Waals surface area (Å²) in [4.78, 5) is 3.97. The van der Waals surface area contributed by atoms with Crippen LogP contribution >= 0.6 is 22.9 Å². The van der Waals surface area contributed by atoms with Gasteiger partial charge in [0.1, 0.15) is 0 Å². The Bertz CT molecular complexity index is 385. The maximum atomic E-state index is 6.00. The molecule has 0 radical (unpaired) electrons. The molecule has 108 valence electrons. The highest BCUT2D eigenvalue weighted by molar-refractivity contribution is 7.16. The van der Waals surface area contributed by atoms with E-state index >= 15 is 0 Å². The van der Waals surface area contributed by atoms with Gasteiger partial charge >= 0.3 is 0 Å². The molecule has 2 rings (SSSR count). The summed E-state index contributed by atoms with van der Waals surface area (Å²) in [7, 11) is 0. The van der Waals surface area contributed by atoms with E-state index in [4.69, 9.17) is 11.6 Å². The first-order valence-electron chi connectivity index (χ1n) is 7.30. The van der Waals surface area contributed by atoms with E-state index < -0.39 is 0 Å². The van der Waals surface area contributed by atoms with Crippen LogP contribution in [0.4, 0.5) is 0 Å². The van der Waals surface area contributed by atoms with E-state index in [-0.39, 0.29) is 0 Å². The molecule has 2 nitrogen and oxygen atoms in total. The Hall–Kier alpha value is -0.0900. The summed E-state index contributed by atoms with van der Waals surface area (Å²) in [5, 5.41) is 3.68. The summed E-state index contributed by atoms with van der Waals surface area (Å²) in [6.45, 7) is 10.5. The van der Waals surface area contributed by atoms with Crippen molar-refractivity contribution >= 4 is 22.9 Å². The third-order valence-corrected chi connectivity index (χ3v) is 5.45. The van der Waals surface area contributed by atoms with Crippen LogP contribution in [0.25, 0.3) is 0 Å². The Morgan fingerprint density at radius 3 is 2.47 bits per heavy atom. The Labute approximate surface area is 126 Å². The molecule has 0 bridgehead atoms. The van der Waals surface area contributed by atoms with Crippen molar-refractivity contribution in [3.05, 3.63) is 21.3 Å². The van der Waals surface area contributed by atoms with Crippen LogP contribution in [-0.2, 0) is 0 Å². The molecule has 0 amide bonds. The highest BCUT2D eigenvalue weighted by atomic mass is 35.5. The van der Waals surface area contributed by atoms with Crippen molar-refractivity contribution in [3.8, 4) is 0 Å². The first kappa shape index (κ1) is 15.3. The minimum absolute atomic E-state index is 0.390. The Kier molecular flexibility index (Phi) is 5.70. The molecule has 4 heteroatoms. The summed E-state index contributed by atoms with van der Waals surface area (Å²) in [6, 6.07) is 5.16. The smallest absolute Gasteiger partial charge is 0.0931 e. The fourth-order valence-electron chi connectivity index (χ4n) is 2.82. The summed E-state index contributed by atoms with van der Waals surface area (Å²) >= 11 is 7.68. The predicted molar refractivity (Wildman–Crippen MR) is 85.2 cm³/mol. The van der Waals surface area contributed by atoms with Gasteiger partial charge in [0.05, 0.1) is 4.34 Å². The van der Waals surface area contributed by atoms with Gasteiger partial charge in [-0.25, -0.2) is 0 Å². The van der Waals surface area contributed by atoms with Crippen molar-refractivity contribution in [3.63, 3.8) is 0 Å². The van der Waals surface area contributed by atoms with Gasteiger partial charge in [0.2, 0.25) is 0 Å². The van der Waals surface area contributed by atoms with Crippen molar-refractivity contribution < 1.29 is 0 Å². The first-order chi connectivity index (χ1) is 9.08. The fourth-order valence-corrected chi connectivity index (χ4v) is 3.91. The molecular formula is C15H25ClN2S. The molecular weight excluding hydrogens is 276 g/mol. The van der Waals surface area contributed by atoms with E-state index in [0.717, 1.165) is 10.9 Å². The van der Waals surface area contributed by atoms with Crippen LogP contribution in [0.15, 0.2) is 12.1 Å². The molecule has 1 aromatic heterocycles. The van der Waals surface area contributed by atoms with Crippen LogP contribution in [0.5, 0.6) is 0 Å². The summed E-state index contributed by atoms with van der Waals surface area (Å²) in [6.07, 6.45) is 2.72. The molecule has 19 heavy (non-hydrogen) atoms. The van der Waals surface area contributed by atoms with Crippen LogP contribution in [0, 0.1) is 5.92 Å². The Morgan fingerprint density at radius 1 is 1.26 bits per heavy atom. The zero-order valence-corrected chi connectivity index (χ0v) is 13.7. The van der Waals surface area contributed by atoms with Crippen LogP contribution in [0.3, 0.4) is 0 Å².